The van der Waals surface area contributed by atoms with Crippen LogP contribution in [0, 0.1) is 17.6 Å². The minimum atomic E-state index is -4.17. The lowest BCUT2D eigenvalue weighted by atomic mass is 9.92. The first-order valence-electron chi connectivity index (χ1n) is 10.8. The third-order valence-electron chi connectivity index (χ3n) is 5.89. The molecule has 0 aliphatic carbocycles. The molecule has 3 aromatic rings. The normalized spacial score (nSPS) is 15.2. The molecule has 1 aliphatic rings. The topological polar surface area (TPSA) is 121 Å². The molecule has 11 heteroatoms. The van der Waals surface area contributed by atoms with E-state index in [1.165, 1.54) is 0 Å². The van der Waals surface area contributed by atoms with E-state index in [0.29, 0.717) is 34.9 Å². The van der Waals surface area contributed by atoms with Crippen LogP contribution >= 0.6 is 0 Å². The van der Waals surface area contributed by atoms with Crippen molar-refractivity contribution in [2.24, 2.45) is 11.7 Å². The van der Waals surface area contributed by atoms with E-state index in [1.54, 1.807) is 18.2 Å². The fourth-order valence-electron chi connectivity index (χ4n) is 3.93. The number of benzene rings is 2. The molecule has 8 nitrogen and oxygen atoms in total. The highest BCUT2D eigenvalue weighted by Crippen LogP contribution is 2.30. The van der Waals surface area contributed by atoms with E-state index >= 15 is 0 Å². The number of hydrogen-bond acceptors (Lipinski definition) is 5. The molecule has 0 spiro atoms. The summed E-state index contributed by atoms with van der Waals surface area (Å²) >= 11 is 0. The minimum absolute atomic E-state index is 0.0924. The van der Waals surface area contributed by atoms with Gasteiger partial charge in [-0.1, -0.05) is 32.0 Å². The molecule has 180 valence electrons. The molecule has 2 aromatic carbocycles. The standard InChI is InChI=1S/C23H25F2N5O3S/c1-13(2)21(26)17-5-3-4-6-18(17)23(31)27-22-19-12-30(8-7-20(19)28-29-22)34(32,33)16-10-14(24)9-15(25)11-16/h3-6,9-11,13,21H,7-8,12,26H2,1-2H3,(H2,27,28,29,31). The molecule has 1 aromatic heterocycles. The van der Waals surface area contributed by atoms with Crippen molar-refractivity contribution in [3.05, 3.63) is 76.5 Å². The number of nitrogens with two attached hydrogens (primary N) is 1. The number of anilines is 1. The molecule has 4 N–H and O–H groups in total. The van der Waals surface area contributed by atoms with E-state index in [9.17, 15) is 22.0 Å². The molecule has 2 heterocycles. The number of hydrogen-bond donors (Lipinski definition) is 3. The number of halogens is 2. The summed E-state index contributed by atoms with van der Waals surface area (Å²) in [6, 6.07) is 8.83. The predicted octanol–water partition coefficient (Wildman–Crippen LogP) is 3.34. The second kappa shape index (κ2) is 9.24. The molecule has 1 amide bonds. The van der Waals surface area contributed by atoms with Gasteiger partial charge in [0.25, 0.3) is 5.91 Å². The van der Waals surface area contributed by atoms with Crippen molar-refractivity contribution in [1.29, 1.82) is 0 Å². The Labute approximate surface area is 196 Å². The highest BCUT2D eigenvalue weighted by Gasteiger charge is 2.32. The molecule has 1 atom stereocenters. The minimum Gasteiger partial charge on any atom is -0.324 e. The number of fused-ring (bicyclic) bond motifs is 1. The van der Waals surface area contributed by atoms with Crippen molar-refractivity contribution in [2.45, 2.75) is 37.8 Å². The lowest BCUT2D eigenvalue weighted by Gasteiger charge is -2.26. The molecule has 34 heavy (non-hydrogen) atoms. The molecule has 0 saturated heterocycles. The Morgan fingerprint density at radius 2 is 1.85 bits per heavy atom. The van der Waals surface area contributed by atoms with Gasteiger partial charge in [-0.3, -0.25) is 9.89 Å². The van der Waals surface area contributed by atoms with Crippen molar-refractivity contribution in [3.8, 4) is 0 Å². The number of sulfonamides is 1. The second-order valence-electron chi connectivity index (χ2n) is 8.53. The lowest BCUT2D eigenvalue weighted by Crippen LogP contribution is -2.36. The summed E-state index contributed by atoms with van der Waals surface area (Å²) < 4.78 is 54.4. The first-order valence-corrected chi connectivity index (χ1v) is 12.2. The Kier molecular flexibility index (Phi) is 6.52. The van der Waals surface area contributed by atoms with Crippen LogP contribution in [-0.4, -0.2) is 35.4 Å². The summed E-state index contributed by atoms with van der Waals surface area (Å²) in [5, 5.41) is 9.75. The molecular formula is C23H25F2N5O3S. The van der Waals surface area contributed by atoms with Gasteiger partial charge in [0, 0.05) is 48.4 Å². The van der Waals surface area contributed by atoms with E-state index in [2.05, 4.69) is 15.5 Å². The summed E-state index contributed by atoms with van der Waals surface area (Å²) in [6.45, 7) is 3.90. The summed E-state index contributed by atoms with van der Waals surface area (Å²) in [6.07, 6.45) is 0.296. The summed E-state index contributed by atoms with van der Waals surface area (Å²) in [4.78, 5) is 12.6. The number of aromatic amines is 1. The average Bonchev–Trinajstić information content (AvgIpc) is 3.19. The zero-order valence-corrected chi connectivity index (χ0v) is 19.5. The zero-order chi connectivity index (χ0) is 24.6. The van der Waals surface area contributed by atoms with Gasteiger partial charge in [-0.25, -0.2) is 17.2 Å². The molecule has 0 radical (unpaired) electrons. The molecule has 0 fully saturated rings. The fourth-order valence-corrected chi connectivity index (χ4v) is 5.39. The van der Waals surface area contributed by atoms with E-state index in [0.717, 1.165) is 16.4 Å². The molecule has 1 aliphatic heterocycles. The maximum Gasteiger partial charge on any atom is 0.257 e. The summed E-state index contributed by atoms with van der Waals surface area (Å²) in [5.74, 6) is -2.08. The third kappa shape index (κ3) is 4.59. The van der Waals surface area contributed by atoms with E-state index in [-0.39, 0.29) is 30.9 Å². The maximum absolute atomic E-state index is 13.6. The average molecular weight is 490 g/mol. The van der Waals surface area contributed by atoms with Gasteiger partial charge in [-0.15, -0.1) is 0 Å². The van der Waals surface area contributed by atoms with E-state index in [4.69, 9.17) is 5.73 Å². The van der Waals surface area contributed by atoms with Crippen LogP contribution in [0.3, 0.4) is 0 Å². The van der Waals surface area contributed by atoms with Gasteiger partial charge in [-0.05, 0) is 29.7 Å². The van der Waals surface area contributed by atoms with Crippen LogP contribution in [0.25, 0.3) is 0 Å². The van der Waals surface area contributed by atoms with Crippen LogP contribution in [-0.2, 0) is 23.0 Å². The smallest absolute Gasteiger partial charge is 0.257 e. The van der Waals surface area contributed by atoms with E-state index < -0.39 is 32.5 Å². The number of H-pyrrole nitrogens is 1. The number of amides is 1. The van der Waals surface area contributed by atoms with Crippen LogP contribution in [0.2, 0.25) is 0 Å². The fraction of sp³-hybridized carbons (Fsp3) is 0.304. The predicted molar refractivity (Wildman–Crippen MR) is 122 cm³/mol. The zero-order valence-electron chi connectivity index (χ0n) is 18.7. The van der Waals surface area contributed by atoms with Crippen LogP contribution in [0.5, 0.6) is 0 Å². The monoisotopic (exact) mass is 489 g/mol. The Morgan fingerprint density at radius 1 is 1.18 bits per heavy atom. The van der Waals surface area contributed by atoms with Gasteiger partial charge in [0.05, 0.1) is 4.90 Å². The second-order valence-corrected chi connectivity index (χ2v) is 10.5. The number of nitrogens with one attached hydrogen (secondary N) is 2. The maximum atomic E-state index is 13.6. The molecular weight excluding hydrogens is 464 g/mol. The van der Waals surface area contributed by atoms with Gasteiger partial charge in [0.2, 0.25) is 10.0 Å². The summed E-state index contributed by atoms with van der Waals surface area (Å²) in [7, 11) is -4.17. The Balaban J connectivity index is 1.60. The first-order chi connectivity index (χ1) is 16.1. The number of rotatable bonds is 6. The van der Waals surface area contributed by atoms with Crippen molar-refractivity contribution < 1.29 is 22.0 Å². The van der Waals surface area contributed by atoms with Crippen LogP contribution in [0.15, 0.2) is 47.4 Å². The van der Waals surface area contributed by atoms with Gasteiger partial charge < -0.3 is 11.1 Å². The number of aromatic nitrogens is 2. The highest BCUT2D eigenvalue weighted by molar-refractivity contribution is 7.89. The van der Waals surface area contributed by atoms with Crippen molar-refractivity contribution in [1.82, 2.24) is 14.5 Å². The van der Waals surface area contributed by atoms with Gasteiger partial charge in [0.1, 0.15) is 11.6 Å². The lowest BCUT2D eigenvalue weighted by molar-refractivity contribution is 0.102. The van der Waals surface area contributed by atoms with E-state index in [1.807, 2.05) is 19.9 Å². The highest BCUT2D eigenvalue weighted by atomic mass is 32.2. The summed E-state index contributed by atoms with van der Waals surface area (Å²) in [5.41, 5.74) is 8.54. The first kappa shape index (κ1) is 24.0. The number of carbonyl (C=O) groups is 1. The number of carbonyl (C=O) groups excluding carboxylic acids is 1. The molecule has 0 saturated carbocycles. The van der Waals surface area contributed by atoms with Crippen molar-refractivity contribution in [3.63, 3.8) is 0 Å². The Morgan fingerprint density at radius 3 is 2.53 bits per heavy atom. The van der Waals surface area contributed by atoms with Crippen molar-refractivity contribution in [2.75, 3.05) is 11.9 Å². The number of nitrogens with zero attached hydrogens (tertiary/aromatic N) is 2. The third-order valence-corrected chi connectivity index (χ3v) is 7.71. The Hall–Kier alpha value is -3.15. The largest absolute Gasteiger partial charge is 0.324 e. The quantitative estimate of drug-likeness (QED) is 0.490. The van der Waals surface area contributed by atoms with Gasteiger partial charge in [-0.2, -0.15) is 9.40 Å². The Bertz CT molecular complexity index is 1320. The molecule has 4 rings (SSSR count). The van der Waals surface area contributed by atoms with Gasteiger partial charge >= 0.3 is 0 Å². The van der Waals surface area contributed by atoms with Crippen LogP contribution in [0.4, 0.5) is 14.6 Å². The molecule has 1 unspecified atom stereocenters. The molecule has 0 bridgehead atoms. The van der Waals surface area contributed by atoms with Crippen LogP contribution < -0.4 is 11.1 Å². The SMILES string of the molecule is CC(C)C(N)c1ccccc1C(=O)Nc1n[nH]c2c1CN(S(=O)(=O)c1cc(F)cc(F)c1)CC2. The van der Waals surface area contributed by atoms with Gasteiger partial charge in [0.15, 0.2) is 5.82 Å². The van der Waals surface area contributed by atoms with Crippen molar-refractivity contribution >= 4 is 21.7 Å². The van der Waals surface area contributed by atoms with Crippen LogP contribution in [0.1, 0.15) is 47.1 Å².